The van der Waals surface area contributed by atoms with Gasteiger partial charge >= 0.3 is 0 Å². The minimum absolute atomic E-state index is 0.0535. The van der Waals surface area contributed by atoms with Crippen LogP contribution in [-0.4, -0.2) is 37.6 Å². The first-order chi connectivity index (χ1) is 9.66. The molecule has 6 nitrogen and oxygen atoms in total. The Morgan fingerprint density at radius 3 is 2.85 bits per heavy atom. The Morgan fingerprint density at radius 1 is 1.35 bits per heavy atom. The van der Waals surface area contributed by atoms with Gasteiger partial charge in [0.05, 0.1) is 12.6 Å². The zero-order chi connectivity index (χ0) is 14.4. The number of rotatable bonds is 6. The third-order valence-corrected chi connectivity index (χ3v) is 3.19. The molecule has 1 aromatic carbocycles. The van der Waals surface area contributed by atoms with Crippen molar-refractivity contribution in [3.63, 3.8) is 0 Å². The summed E-state index contributed by atoms with van der Waals surface area (Å²) in [4.78, 5) is 22.4. The molecule has 0 aromatic heterocycles. The summed E-state index contributed by atoms with van der Waals surface area (Å²) < 4.78 is 4.98. The zero-order valence-electron chi connectivity index (χ0n) is 11.2. The van der Waals surface area contributed by atoms with E-state index in [2.05, 4.69) is 16.7 Å². The zero-order valence-corrected chi connectivity index (χ0v) is 11.2. The van der Waals surface area contributed by atoms with Crippen molar-refractivity contribution < 1.29 is 14.3 Å². The summed E-state index contributed by atoms with van der Waals surface area (Å²) in [6.07, 6.45) is 0.685. The van der Waals surface area contributed by atoms with E-state index < -0.39 is 5.91 Å². The van der Waals surface area contributed by atoms with E-state index in [0.717, 1.165) is 0 Å². The number of fused-ring (bicyclic) bond motifs is 1. The maximum atomic E-state index is 12.0. The maximum Gasteiger partial charge on any atom is 0.243 e. The van der Waals surface area contributed by atoms with Crippen LogP contribution in [0, 0.1) is 0 Å². The molecule has 0 fully saturated rings. The number of amides is 2. The Kier molecular flexibility index (Phi) is 5.09. The van der Waals surface area contributed by atoms with E-state index in [1.807, 2.05) is 18.2 Å². The minimum Gasteiger partial charge on any atom is -0.370 e. The molecule has 1 aliphatic heterocycles. The molecule has 0 saturated carbocycles. The lowest BCUT2D eigenvalue weighted by atomic mass is 9.95. The van der Waals surface area contributed by atoms with E-state index in [1.54, 1.807) is 0 Å². The summed E-state index contributed by atoms with van der Waals surface area (Å²) in [5.41, 5.74) is 7.38. The second-order valence-electron chi connectivity index (χ2n) is 4.72. The Balaban J connectivity index is 1.73. The average molecular weight is 277 g/mol. The number of carbonyl (C=O) groups is 2. The van der Waals surface area contributed by atoms with Gasteiger partial charge in [-0.2, -0.15) is 0 Å². The van der Waals surface area contributed by atoms with Crippen molar-refractivity contribution >= 4 is 11.8 Å². The summed E-state index contributed by atoms with van der Waals surface area (Å²) in [5, 5.41) is 5.99. The van der Waals surface area contributed by atoms with Crippen LogP contribution < -0.4 is 16.4 Å². The molecule has 0 unspecified atom stereocenters. The lowest BCUT2D eigenvalue weighted by molar-refractivity contribution is -0.123. The first-order valence-corrected chi connectivity index (χ1v) is 6.60. The molecule has 108 valence electrons. The third-order valence-electron chi connectivity index (χ3n) is 3.19. The van der Waals surface area contributed by atoms with Crippen molar-refractivity contribution in [3.05, 3.63) is 35.4 Å². The fourth-order valence-electron chi connectivity index (χ4n) is 2.18. The van der Waals surface area contributed by atoms with Crippen molar-refractivity contribution in [2.45, 2.75) is 19.0 Å². The van der Waals surface area contributed by atoms with Crippen LogP contribution in [0.25, 0.3) is 0 Å². The van der Waals surface area contributed by atoms with Gasteiger partial charge in [-0.05, 0) is 17.5 Å². The predicted molar refractivity (Wildman–Crippen MR) is 73.8 cm³/mol. The van der Waals surface area contributed by atoms with E-state index in [1.165, 1.54) is 11.1 Å². The summed E-state index contributed by atoms with van der Waals surface area (Å²) in [7, 11) is 0. The number of nitrogens with two attached hydrogens (primary N) is 1. The van der Waals surface area contributed by atoms with Crippen LogP contribution in [0.4, 0.5) is 0 Å². The molecule has 4 N–H and O–H groups in total. The number of hydrogen-bond donors (Lipinski definition) is 3. The summed E-state index contributed by atoms with van der Waals surface area (Å²) in [5.74, 6) is -0.566. The van der Waals surface area contributed by atoms with Crippen LogP contribution in [-0.2, 0) is 27.3 Å². The van der Waals surface area contributed by atoms with E-state index >= 15 is 0 Å². The van der Waals surface area contributed by atoms with Crippen LogP contribution in [0.15, 0.2) is 24.3 Å². The van der Waals surface area contributed by atoms with Gasteiger partial charge in [-0.25, -0.2) is 0 Å². The predicted octanol–water partition coefficient (Wildman–Crippen LogP) is -0.681. The van der Waals surface area contributed by atoms with Gasteiger partial charge < -0.3 is 21.1 Å². The molecule has 1 heterocycles. The minimum atomic E-state index is -0.512. The lowest BCUT2D eigenvalue weighted by Gasteiger charge is -2.25. The van der Waals surface area contributed by atoms with Gasteiger partial charge in [-0.15, -0.1) is 0 Å². The smallest absolute Gasteiger partial charge is 0.243 e. The summed E-state index contributed by atoms with van der Waals surface area (Å²) in [6, 6.07) is 7.87. The molecule has 0 radical (unpaired) electrons. The van der Waals surface area contributed by atoms with Gasteiger partial charge in [-0.1, -0.05) is 24.3 Å². The average Bonchev–Trinajstić information content (AvgIpc) is 2.46. The van der Waals surface area contributed by atoms with Crippen molar-refractivity contribution in [2.24, 2.45) is 5.73 Å². The standard InChI is InChI=1S/C14H19N3O3/c15-13(18)9-20-6-5-16-14(19)12-7-10-3-1-2-4-11(10)8-17-12/h1-4,12,17H,5-9H2,(H2,15,18)(H,16,19)/t12-/m0/s1. The molecule has 0 bridgehead atoms. The molecule has 2 amide bonds. The molecule has 2 rings (SSSR count). The van der Waals surface area contributed by atoms with E-state index in [-0.39, 0.29) is 25.2 Å². The highest BCUT2D eigenvalue weighted by molar-refractivity contribution is 5.82. The fraction of sp³-hybridized carbons (Fsp3) is 0.429. The fourth-order valence-corrected chi connectivity index (χ4v) is 2.18. The van der Waals surface area contributed by atoms with Crippen LogP contribution in [0.5, 0.6) is 0 Å². The molecule has 0 aliphatic carbocycles. The molecule has 1 aliphatic rings. The lowest BCUT2D eigenvalue weighted by Crippen LogP contribution is -2.48. The third kappa shape index (κ3) is 4.04. The highest BCUT2D eigenvalue weighted by Gasteiger charge is 2.23. The topological polar surface area (TPSA) is 93.5 Å². The first kappa shape index (κ1) is 14.5. The number of benzene rings is 1. The van der Waals surface area contributed by atoms with Gasteiger partial charge in [0.25, 0.3) is 0 Å². The molecule has 0 spiro atoms. The highest BCUT2D eigenvalue weighted by atomic mass is 16.5. The monoisotopic (exact) mass is 277 g/mol. The molecule has 0 saturated heterocycles. The molecule has 6 heteroatoms. The van der Waals surface area contributed by atoms with Crippen molar-refractivity contribution in [1.29, 1.82) is 0 Å². The van der Waals surface area contributed by atoms with Gasteiger partial charge in [0, 0.05) is 13.1 Å². The highest BCUT2D eigenvalue weighted by Crippen LogP contribution is 2.16. The molecular formula is C14H19N3O3. The number of primary amides is 1. The largest absolute Gasteiger partial charge is 0.370 e. The van der Waals surface area contributed by atoms with Gasteiger partial charge in [0.1, 0.15) is 6.61 Å². The Hall–Kier alpha value is -1.92. The quantitative estimate of drug-likeness (QED) is 0.601. The van der Waals surface area contributed by atoms with Crippen LogP contribution in [0.2, 0.25) is 0 Å². The maximum absolute atomic E-state index is 12.0. The molecule has 1 atom stereocenters. The summed E-state index contributed by atoms with van der Waals surface area (Å²) in [6.45, 7) is 1.22. The second kappa shape index (κ2) is 7.02. The van der Waals surface area contributed by atoms with E-state index in [0.29, 0.717) is 19.5 Å². The molecule has 20 heavy (non-hydrogen) atoms. The summed E-state index contributed by atoms with van der Waals surface area (Å²) >= 11 is 0. The van der Waals surface area contributed by atoms with Crippen molar-refractivity contribution in [1.82, 2.24) is 10.6 Å². The number of hydrogen-bond acceptors (Lipinski definition) is 4. The van der Waals surface area contributed by atoms with Gasteiger partial charge in [0.15, 0.2) is 0 Å². The Bertz CT molecular complexity index is 490. The first-order valence-electron chi connectivity index (χ1n) is 6.60. The van der Waals surface area contributed by atoms with Gasteiger partial charge in [0.2, 0.25) is 11.8 Å². The number of carbonyl (C=O) groups excluding carboxylic acids is 2. The van der Waals surface area contributed by atoms with Crippen molar-refractivity contribution in [2.75, 3.05) is 19.8 Å². The number of nitrogens with one attached hydrogen (secondary N) is 2. The normalized spacial score (nSPS) is 17.3. The van der Waals surface area contributed by atoms with Crippen molar-refractivity contribution in [3.8, 4) is 0 Å². The SMILES string of the molecule is NC(=O)COCCNC(=O)[C@@H]1Cc2ccccc2CN1. The Labute approximate surface area is 117 Å². The van der Waals surface area contributed by atoms with Gasteiger partial charge in [-0.3, -0.25) is 9.59 Å². The molecular weight excluding hydrogens is 258 g/mol. The second-order valence-corrected chi connectivity index (χ2v) is 4.72. The van der Waals surface area contributed by atoms with E-state index in [4.69, 9.17) is 10.5 Å². The van der Waals surface area contributed by atoms with Crippen LogP contribution in [0.1, 0.15) is 11.1 Å². The van der Waals surface area contributed by atoms with E-state index in [9.17, 15) is 9.59 Å². The van der Waals surface area contributed by atoms with Crippen LogP contribution >= 0.6 is 0 Å². The Morgan fingerprint density at radius 2 is 2.10 bits per heavy atom. The van der Waals surface area contributed by atoms with Crippen LogP contribution in [0.3, 0.4) is 0 Å². The number of ether oxygens (including phenoxy) is 1. The molecule has 1 aromatic rings.